The fourth-order valence-electron chi connectivity index (χ4n) is 6.64. The first-order valence-corrected chi connectivity index (χ1v) is 10.9. The van der Waals surface area contributed by atoms with E-state index in [0.717, 1.165) is 34.9 Å². The molecule has 4 aliphatic rings. The van der Waals surface area contributed by atoms with Gasteiger partial charge in [0.1, 0.15) is 0 Å². The molecule has 3 saturated carbocycles. The summed E-state index contributed by atoms with van der Waals surface area (Å²) in [5.74, 6) is 0.0522. The summed E-state index contributed by atoms with van der Waals surface area (Å²) in [7, 11) is 0. The first-order chi connectivity index (χ1) is 13.0. The minimum absolute atomic E-state index is 0.0122. The van der Waals surface area contributed by atoms with Gasteiger partial charge in [0.05, 0.1) is 4.91 Å². The molecule has 0 aromatic carbocycles. The van der Waals surface area contributed by atoms with Crippen LogP contribution in [0.2, 0.25) is 0 Å². The highest BCUT2D eigenvalue weighted by Gasteiger charge is 2.63. The summed E-state index contributed by atoms with van der Waals surface area (Å²) in [6.45, 7) is 11.8. The molecule has 0 heterocycles. The third-order valence-electron chi connectivity index (χ3n) is 8.09. The van der Waals surface area contributed by atoms with Gasteiger partial charge in [0.15, 0.2) is 22.9 Å². The second-order valence-electron chi connectivity index (χ2n) is 9.40. The minimum Gasteiger partial charge on any atom is -0.296 e. The summed E-state index contributed by atoms with van der Waals surface area (Å²) in [4.78, 5) is 37.6. The number of alkyl halides is 1. The number of Topliss-reactive ketones (excluding diaryl/α,β-unsaturated/α-hetero) is 1. The van der Waals surface area contributed by atoms with Crippen molar-refractivity contribution in [2.45, 2.75) is 59.5 Å². The van der Waals surface area contributed by atoms with Crippen molar-refractivity contribution >= 4 is 28.4 Å². The molecule has 0 amide bonds. The van der Waals surface area contributed by atoms with Gasteiger partial charge in [0.2, 0.25) is 0 Å². The van der Waals surface area contributed by atoms with Crippen LogP contribution >= 0.6 is 11.8 Å². The SMILES string of the molecule is C=C1C[C@@H]2[C@H](CC[C@]3(C)C(=O)[C@H](F)C[C@@H]23)[C@@]2(C)C(C)=CC(=O)C(SC(C)=O)=C12. The molecule has 4 aliphatic carbocycles. The summed E-state index contributed by atoms with van der Waals surface area (Å²) in [5.41, 5.74) is 1.78. The lowest BCUT2D eigenvalue weighted by molar-refractivity contribution is -0.134. The lowest BCUT2D eigenvalue weighted by Gasteiger charge is -2.57. The molecule has 0 unspecified atom stereocenters. The molecule has 150 valence electrons. The van der Waals surface area contributed by atoms with Gasteiger partial charge in [-0.05, 0) is 79.3 Å². The van der Waals surface area contributed by atoms with Gasteiger partial charge in [-0.25, -0.2) is 4.39 Å². The number of rotatable bonds is 1. The van der Waals surface area contributed by atoms with E-state index in [1.165, 1.54) is 6.92 Å². The van der Waals surface area contributed by atoms with Crippen LogP contribution in [0.15, 0.2) is 34.3 Å². The summed E-state index contributed by atoms with van der Waals surface area (Å²) >= 11 is 1.00. The normalized spacial score (nSPS) is 42.8. The van der Waals surface area contributed by atoms with E-state index >= 15 is 0 Å². The molecule has 0 bridgehead atoms. The predicted octanol–water partition coefficient (Wildman–Crippen LogP) is 4.98. The molecule has 0 saturated heterocycles. The van der Waals surface area contributed by atoms with E-state index in [0.29, 0.717) is 24.2 Å². The van der Waals surface area contributed by atoms with Gasteiger partial charge in [0, 0.05) is 17.8 Å². The lowest BCUT2D eigenvalue weighted by Crippen LogP contribution is -2.51. The maximum atomic E-state index is 14.4. The third kappa shape index (κ3) is 2.44. The molecule has 0 aromatic rings. The van der Waals surface area contributed by atoms with Gasteiger partial charge in [-0.15, -0.1) is 0 Å². The van der Waals surface area contributed by atoms with Gasteiger partial charge in [0.25, 0.3) is 0 Å². The molecule has 28 heavy (non-hydrogen) atoms. The maximum Gasteiger partial charge on any atom is 0.192 e. The van der Waals surface area contributed by atoms with Crippen LogP contribution in [0.25, 0.3) is 0 Å². The quantitative estimate of drug-likeness (QED) is 0.621. The Morgan fingerprint density at radius 1 is 1.29 bits per heavy atom. The Balaban J connectivity index is 1.84. The van der Waals surface area contributed by atoms with Gasteiger partial charge in [-0.2, -0.15) is 0 Å². The predicted molar refractivity (Wildman–Crippen MR) is 108 cm³/mol. The highest BCUT2D eigenvalue weighted by Crippen LogP contribution is 2.67. The van der Waals surface area contributed by atoms with Crippen molar-refractivity contribution in [3.05, 3.63) is 34.3 Å². The Bertz CT molecular complexity index is 884. The molecule has 3 fully saturated rings. The van der Waals surface area contributed by atoms with E-state index in [1.54, 1.807) is 6.08 Å². The summed E-state index contributed by atoms with van der Waals surface area (Å²) in [6, 6.07) is 0. The van der Waals surface area contributed by atoms with Crippen LogP contribution < -0.4 is 0 Å². The summed E-state index contributed by atoms with van der Waals surface area (Å²) in [5, 5.41) is -0.112. The van der Waals surface area contributed by atoms with Crippen LogP contribution in [0.3, 0.4) is 0 Å². The number of carbonyl (C=O) groups is 3. The molecule has 3 nitrogen and oxygen atoms in total. The van der Waals surface area contributed by atoms with Crippen molar-refractivity contribution in [2.24, 2.45) is 28.6 Å². The largest absolute Gasteiger partial charge is 0.296 e. The second-order valence-corrected chi connectivity index (χ2v) is 10.6. The molecule has 0 N–H and O–H groups in total. The van der Waals surface area contributed by atoms with Crippen LogP contribution in [0, 0.1) is 28.6 Å². The van der Waals surface area contributed by atoms with Crippen LogP contribution in [0.1, 0.15) is 53.4 Å². The fourth-order valence-corrected chi connectivity index (χ4v) is 7.55. The number of carbonyl (C=O) groups excluding carboxylic acids is 3. The maximum absolute atomic E-state index is 14.4. The molecular weight excluding hydrogens is 375 g/mol. The molecule has 0 radical (unpaired) electrons. The van der Waals surface area contributed by atoms with Crippen LogP contribution in [-0.4, -0.2) is 22.9 Å². The summed E-state index contributed by atoms with van der Waals surface area (Å²) in [6.07, 6.45) is 2.77. The molecule has 4 rings (SSSR count). The monoisotopic (exact) mass is 402 g/mol. The van der Waals surface area contributed by atoms with E-state index in [1.807, 2.05) is 13.8 Å². The van der Waals surface area contributed by atoms with Gasteiger partial charge in [-0.1, -0.05) is 26.0 Å². The average molecular weight is 403 g/mol. The van der Waals surface area contributed by atoms with Crippen molar-refractivity contribution in [2.75, 3.05) is 0 Å². The van der Waals surface area contributed by atoms with E-state index in [-0.39, 0.29) is 34.4 Å². The molecule has 6 atom stereocenters. The Labute approximate surface area is 169 Å². The Hall–Kier alpha value is -1.49. The fraction of sp³-hybridized carbons (Fsp3) is 0.609. The number of ketones is 2. The molecule has 5 heteroatoms. The smallest absolute Gasteiger partial charge is 0.192 e. The van der Waals surface area contributed by atoms with E-state index in [9.17, 15) is 18.8 Å². The number of hydrogen-bond donors (Lipinski definition) is 0. The van der Waals surface area contributed by atoms with Crippen molar-refractivity contribution in [1.82, 2.24) is 0 Å². The van der Waals surface area contributed by atoms with Crippen LogP contribution in [0.4, 0.5) is 4.39 Å². The van der Waals surface area contributed by atoms with Crippen molar-refractivity contribution < 1.29 is 18.8 Å². The standard InChI is InChI=1S/C23H27FO3S/c1-11-8-14-15(6-7-22(4)16(14)10-17(24)21(22)27)23(5)12(2)9-18(26)20(19(11)23)28-13(3)25/h9,14-17H,1,6-8,10H2,2-5H3/t14-,15+,16+,17-,22+,23-/m1/s1. The lowest BCUT2D eigenvalue weighted by atomic mass is 9.46. The number of allylic oxidation sites excluding steroid dienone is 5. The topological polar surface area (TPSA) is 51.2 Å². The van der Waals surface area contributed by atoms with E-state index in [2.05, 4.69) is 13.5 Å². The number of halogens is 1. The van der Waals surface area contributed by atoms with E-state index < -0.39 is 17.0 Å². The zero-order valence-electron chi connectivity index (χ0n) is 16.9. The van der Waals surface area contributed by atoms with E-state index in [4.69, 9.17) is 0 Å². The molecule has 0 aliphatic heterocycles. The average Bonchev–Trinajstić information content (AvgIpc) is 2.83. The highest BCUT2D eigenvalue weighted by atomic mass is 32.2. The molecule has 0 aromatic heterocycles. The molecular formula is C23H27FO3S. The minimum atomic E-state index is -1.36. The van der Waals surface area contributed by atoms with Crippen LogP contribution in [0.5, 0.6) is 0 Å². The van der Waals surface area contributed by atoms with Crippen molar-refractivity contribution in [1.29, 1.82) is 0 Å². The highest BCUT2D eigenvalue weighted by molar-refractivity contribution is 8.17. The van der Waals surface area contributed by atoms with Crippen molar-refractivity contribution in [3.63, 3.8) is 0 Å². The van der Waals surface area contributed by atoms with Gasteiger partial charge < -0.3 is 0 Å². The van der Waals surface area contributed by atoms with Gasteiger partial charge >= 0.3 is 0 Å². The number of fused-ring (bicyclic) bond motifs is 5. The zero-order valence-corrected chi connectivity index (χ0v) is 17.7. The Morgan fingerprint density at radius 2 is 1.96 bits per heavy atom. The van der Waals surface area contributed by atoms with Crippen molar-refractivity contribution in [3.8, 4) is 0 Å². The Kier molecular flexibility index (Phi) is 4.42. The van der Waals surface area contributed by atoms with Crippen LogP contribution in [-0.2, 0) is 14.4 Å². The third-order valence-corrected chi connectivity index (χ3v) is 8.99. The number of hydrogen-bond acceptors (Lipinski definition) is 4. The van der Waals surface area contributed by atoms with Gasteiger partial charge in [-0.3, -0.25) is 14.4 Å². The Morgan fingerprint density at radius 3 is 2.61 bits per heavy atom. The first-order valence-electron chi connectivity index (χ1n) is 10.0. The first kappa shape index (κ1) is 19.8. The zero-order chi connectivity index (χ0) is 20.6. The summed E-state index contributed by atoms with van der Waals surface area (Å²) < 4.78 is 14.4. The number of thioether (sulfide) groups is 1. The molecule has 0 spiro atoms. The second kappa shape index (κ2) is 6.25.